The summed E-state index contributed by atoms with van der Waals surface area (Å²) < 4.78 is 1.79. The molecular weight excluding hydrogens is 368 g/mol. The van der Waals surface area contributed by atoms with Gasteiger partial charge in [0.15, 0.2) is 5.65 Å². The van der Waals surface area contributed by atoms with Crippen molar-refractivity contribution in [3.63, 3.8) is 0 Å². The van der Waals surface area contributed by atoms with Gasteiger partial charge >= 0.3 is 0 Å². The molecule has 8 heteroatoms. The van der Waals surface area contributed by atoms with Crippen LogP contribution < -0.4 is 16.4 Å². The van der Waals surface area contributed by atoms with Gasteiger partial charge in [-0.3, -0.25) is 4.79 Å². The molecule has 1 aromatic carbocycles. The standard InChI is InChI=1S/C21H26N6O2/c22-20(29)16-6-4-14(5-7-16)13-24-21-25-19-3-1-2-17(27(19)26-21)12-18(28)15-8-10-23-11-9-15/h1-7,15,18,23,28H,8-13H2,(H2,22,29)(H,24,26). The molecule has 0 spiro atoms. The van der Waals surface area contributed by atoms with Crippen LogP contribution in [-0.4, -0.2) is 44.8 Å². The number of nitrogens with zero attached hydrogens (tertiary/aromatic N) is 3. The molecule has 152 valence electrons. The van der Waals surface area contributed by atoms with E-state index in [1.165, 1.54) is 0 Å². The molecule has 1 aliphatic heterocycles. The number of aliphatic hydroxyl groups is 1. The molecular formula is C21H26N6O2. The molecule has 8 nitrogen and oxygen atoms in total. The average molecular weight is 394 g/mol. The Morgan fingerprint density at radius 1 is 1.24 bits per heavy atom. The maximum atomic E-state index is 11.2. The normalized spacial score (nSPS) is 16.0. The van der Waals surface area contributed by atoms with E-state index in [4.69, 9.17) is 5.73 Å². The van der Waals surface area contributed by atoms with E-state index in [1.54, 1.807) is 16.6 Å². The lowest BCUT2D eigenvalue weighted by Gasteiger charge is -2.27. The number of rotatable bonds is 7. The van der Waals surface area contributed by atoms with Gasteiger partial charge in [-0.25, -0.2) is 4.52 Å². The van der Waals surface area contributed by atoms with Gasteiger partial charge in [0, 0.05) is 24.2 Å². The Balaban J connectivity index is 1.44. The number of nitrogens with two attached hydrogens (primary N) is 1. The van der Waals surface area contributed by atoms with Gasteiger partial charge < -0.3 is 21.5 Å². The van der Waals surface area contributed by atoms with Crippen LogP contribution in [0.4, 0.5) is 5.95 Å². The minimum Gasteiger partial charge on any atom is -0.392 e. The quantitative estimate of drug-likeness (QED) is 0.480. The molecule has 29 heavy (non-hydrogen) atoms. The molecule has 5 N–H and O–H groups in total. The van der Waals surface area contributed by atoms with Gasteiger partial charge in [-0.15, -0.1) is 5.10 Å². The van der Waals surface area contributed by atoms with Crippen LogP contribution in [0, 0.1) is 5.92 Å². The van der Waals surface area contributed by atoms with E-state index in [0.717, 1.165) is 42.8 Å². The Morgan fingerprint density at radius 3 is 2.72 bits per heavy atom. The minimum atomic E-state index is -0.439. The summed E-state index contributed by atoms with van der Waals surface area (Å²) in [6, 6.07) is 12.9. The summed E-state index contributed by atoms with van der Waals surface area (Å²) >= 11 is 0. The van der Waals surface area contributed by atoms with E-state index in [9.17, 15) is 9.90 Å². The number of fused-ring (bicyclic) bond motifs is 1. The first-order valence-corrected chi connectivity index (χ1v) is 9.96. The average Bonchev–Trinajstić information content (AvgIpc) is 3.17. The number of pyridine rings is 1. The highest BCUT2D eigenvalue weighted by molar-refractivity contribution is 5.92. The molecule has 1 saturated heterocycles. The number of anilines is 1. The van der Waals surface area contributed by atoms with Crippen molar-refractivity contribution in [3.8, 4) is 0 Å². The van der Waals surface area contributed by atoms with Crippen molar-refractivity contribution in [1.29, 1.82) is 0 Å². The van der Waals surface area contributed by atoms with Gasteiger partial charge in [-0.1, -0.05) is 18.2 Å². The van der Waals surface area contributed by atoms with Crippen LogP contribution in [0.5, 0.6) is 0 Å². The fourth-order valence-electron chi connectivity index (χ4n) is 3.77. The highest BCUT2D eigenvalue weighted by atomic mass is 16.3. The maximum Gasteiger partial charge on any atom is 0.248 e. The Bertz CT molecular complexity index is 979. The molecule has 0 aliphatic carbocycles. The van der Waals surface area contributed by atoms with E-state index in [-0.39, 0.29) is 6.10 Å². The van der Waals surface area contributed by atoms with Crippen molar-refractivity contribution in [2.24, 2.45) is 11.7 Å². The summed E-state index contributed by atoms with van der Waals surface area (Å²) in [5.74, 6) is 0.398. The number of aromatic nitrogens is 3. The molecule has 3 heterocycles. The number of piperidine rings is 1. The second-order valence-corrected chi connectivity index (χ2v) is 7.50. The highest BCUT2D eigenvalue weighted by Crippen LogP contribution is 2.20. The number of hydrogen-bond acceptors (Lipinski definition) is 6. The molecule has 0 bridgehead atoms. The SMILES string of the molecule is NC(=O)c1ccc(CNc2nc3cccc(CC(O)C4CCNCC4)n3n2)cc1. The summed E-state index contributed by atoms with van der Waals surface area (Å²) in [6.07, 6.45) is 2.16. The monoisotopic (exact) mass is 394 g/mol. The van der Waals surface area contributed by atoms with Gasteiger partial charge in [0.25, 0.3) is 0 Å². The minimum absolute atomic E-state index is 0.316. The summed E-state index contributed by atoms with van der Waals surface area (Å²) in [5, 5.41) is 21.8. The third kappa shape index (κ3) is 4.55. The molecule has 2 aromatic heterocycles. The predicted octanol–water partition coefficient (Wildman–Crippen LogP) is 1.34. The van der Waals surface area contributed by atoms with E-state index >= 15 is 0 Å². The lowest BCUT2D eigenvalue weighted by molar-refractivity contribution is 0.0877. The van der Waals surface area contributed by atoms with Crippen molar-refractivity contribution in [2.45, 2.75) is 31.9 Å². The number of carbonyl (C=O) groups is 1. The number of carbonyl (C=O) groups excluding carboxylic acids is 1. The van der Waals surface area contributed by atoms with Crippen LogP contribution in [-0.2, 0) is 13.0 Å². The van der Waals surface area contributed by atoms with Gasteiger partial charge in [0.1, 0.15) is 0 Å². The van der Waals surface area contributed by atoms with Crippen LogP contribution in [0.25, 0.3) is 5.65 Å². The van der Waals surface area contributed by atoms with Crippen molar-refractivity contribution >= 4 is 17.5 Å². The second kappa shape index (κ2) is 8.59. The van der Waals surface area contributed by atoms with Gasteiger partial charge in [-0.2, -0.15) is 4.98 Å². The molecule has 1 aliphatic rings. The van der Waals surface area contributed by atoms with Crippen LogP contribution in [0.15, 0.2) is 42.5 Å². The molecule has 4 rings (SSSR count). The lowest BCUT2D eigenvalue weighted by atomic mass is 9.89. The Labute approximate surface area is 169 Å². The molecule has 1 fully saturated rings. The first kappa shape index (κ1) is 19.4. The number of amides is 1. The van der Waals surface area contributed by atoms with Crippen molar-refractivity contribution < 1.29 is 9.90 Å². The molecule has 0 radical (unpaired) electrons. The van der Waals surface area contributed by atoms with E-state index in [2.05, 4.69) is 20.7 Å². The third-order valence-corrected chi connectivity index (χ3v) is 5.47. The summed E-state index contributed by atoms with van der Waals surface area (Å²) in [5.41, 5.74) is 8.43. The lowest BCUT2D eigenvalue weighted by Crippen LogP contribution is -2.35. The molecule has 1 unspecified atom stereocenters. The smallest absolute Gasteiger partial charge is 0.248 e. The fourth-order valence-corrected chi connectivity index (χ4v) is 3.77. The number of aliphatic hydroxyl groups excluding tert-OH is 1. The molecule has 3 aromatic rings. The molecule has 0 saturated carbocycles. The Morgan fingerprint density at radius 2 is 2.00 bits per heavy atom. The van der Waals surface area contributed by atoms with Crippen molar-refractivity contribution in [3.05, 3.63) is 59.3 Å². The Hall–Kier alpha value is -2.97. The van der Waals surface area contributed by atoms with Gasteiger partial charge in [0.2, 0.25) is 11.9 Å². The summed E-state index contributed by atoms with van der Waals surface area (Å²) in [6.45, 7) is 2.45. The zero-order chi connectivity index (χ0) is 20.2. The summed E-state index contributed by atoms with van der Waals surface area (Å²) in [4.78, 5) is 15.7. The number of benzene rings is 1. The maximum absolute atomic E-state index is 11.2. The van der Waals surface area contributed by atoms with Crippen LogP contribution in [0.2, 0.25) is 0 Å². The number of hydrogen-bond donors (Lipinski definition) is 4. The Kier molecular flexibility index (Phi) is 5.73. The van der Waals surface area contributed by atoms with Crippen molar-refractivity contribution in [2.75, 3.05) is 18.4 Å². The van der Waals surface area contributed by atoms with Gasteiger partial charge in [0.05, 0.1) is 6.10 Å². The van der Waals surface area contributed by atoms with Gasteiger partial charge in [-0.05, 0) is 61.7 Å². The van der Waals surface area contributed by atoms with E-state index < -0.39 is 5.91 Å². The zero-order valence-electron chi connectivity index (χ0n) is 16.2. The molecule has 1 atom stereocenters. The number of primary amides is 1. The topological polar surface area (TPSA) is 118 Å². The predicted molar refractivity (Wildman–Crippen MR) is 111 cm³/mol. The van der Waals surface area contributed by atoms with E-state index in [1.807, 2.05) is 30.3 Å². The largest absolute Gasteiger partial charge is 0.392 e. The zero-order valence-corrected chi connectivity index (χ0v) is 16.2. The van der Waals surface area contributed by atoms with Crippen molar-refractivity contribution in [1.82, 2.24) is 19.9 Å². The van der Waals surface area contributed by atoms with Crippen LogP contribution >= 0.6 is 0 Å². The van der Waals surface area contributed by atoms with E-state index in [0.29, 0.717) is 30.4 Å². The van der Waals surface area contributed by atoms with Crippen LogP contribution in [0.1, 0.15) is 34.5 Å². The number of nitrogens with one attached hydrogen (secondary N) is 2. The highest BCUT2D eigenvalue weighted by Gasteiger charge is 2.22. The fraction of sp³-hybridized carbons (Fsp3) is 0.381. The second-order valence-electron chi connectivity index (χ2n) is 7.50. The summed E-state index contributed by atoms with van der Waals surface area (Å²) in [7, 11) is 0. The molecule has 1 amide bonds. The first-order chi connectivity index (χ1) is 14.1. The van der Waals surface area contributed by atoms with Crippen LogP contribution in [0.3, 0.4) is 0 Å². The first-order valence-electron chi connectivity index (χ1n) is 9.96. The third-order valence-electron chi connectivity index (χ3n) is 5.47.